The topological polar surface area (TPSA) is 104 Å². The van der Waals surface area contributed by atoms with E-state index in [0.717, 1.165) is 16.6 Å². The van der Waals surface area contributed by atoms with Gasteiger partial charge in [0.1, 0.15) is 0 Å². The van der Waals surface area contributed by atoms with Crippen molar-refractivity contribution in [2.75, 3.05) is 5.75 Å². The van der Waals surface area contributed by atoms with Crippen molar-refractivity contribution in [2.24, 2.45) is 0 Å². The maximum Gasteiger partial charge on any atom is 0.257 e. The molecule has 0 spiro atoms. The average Bonchev–Trinajstić information content (AvgIpc) is 3.08. The van der Waals surface area contributed by atoms with Crippen LogP contribution in [0, 0.1) is 0 Å². The number of nitrogens with zero attached hydrogens (tertiary/aromatic N) is 1. The van der Waals surface area contributed by atoms with Gasteiger partial charge >= 0.3 is 0 Å². The number of imidazole rings is 1. The van der Waals surface area contributed by atoms with Gasteiger partial charge in [-0.1, -0.05) is 49.9 Å². The van der Waals surface area contributed by atoms with Crippen LogP contribution in [0.1, 0.15) is 25.3 Å². The second-order valence-electron chi connectivity index (χ2n) is 6.23. The lowest BCUT2D eigenvalue weighted by Gasteiger charge is -2.10. The summed E-state index contributed by atoms with van der Waals surface area (Å²) in [6.07, 6.45) is 0. The minimum Gasteiger partial charge on any atom is -0.333 e. The molecule has 0 bridgehead atoms. The molecule has 0 aliphatic heterocycles. The summed E-state index contributed by atoms with van der Waals surface area (Å²) in [5.41, 5.74) is 4.96. The zero-order valence-corrected chi connectivity index (χ0v) is 16.5. The van der Waals surface area contributed by atoms with Gasteiger partial charge in [0.15, 0.2) is 5.16 Å². The van der Waals surface area contributed by atoms with E-state index < -0.39 is 15.9 Å². The molecular formula is C18H20N4O3S2. The normalized spacial score (nSPS) is 11.8. The molecule has 142 valence electrons. The van der Waals surface area contributed by atoms with E-state index in [-0.39, 0.29) is 10.6 Å². The monoisotopic (exact) mass is 404 g/mol. The Labute approximate surface area is 162 Å². The van der Waals surface area contributed by atoms with Crippen LogP contribution < -0.4 is 10.3 Å². The van der Waals surface area contributed by atoms with Gasteiger partial charge in [-0.3, -0.25) is 10.2 Å². The number of carbonyl (C=O) groups excluding carboxylic acids is 1. The fourth-order valence-corrected chi connectivity index (χ4v) is 3.93. The molecule has 0 radical (unpaired) electrons. The van der Waals surface area contributed by atoms with E-state index in [2.05, 4.69) is 20.2 Å². The summed E-state index contributed by atoms with van der Waals surface area (Å²) >= 11 is 1.19. The van der Waals surface area contributed by atoms with E-state index in [1.54, 1.807) is 12.1 Å². The minimum absolute atomic E-state index is 0.0224. The summed E-state index contributed by atoms with van der Waals surface area (Å²) in [7, 11) is -3.82. The highest BCUT2D eigenvalue weighted by molar-refractivity contribution is 7.99. The van der Waals surface area contributed by atoms with E-state index in [1.165, 1.54) is 23.9 Å². The molecule has 0 atom stereocenters. The first-order chi connectivity index (χ1) is 12.8. The van der Waals surface area contributed by atoms with Gasteiger partial charge in [0.25, 0.3) is 10.0 Å². The molecule has 9 heteroatoms. The first-order valence-electron chi connectivity index (χ1n) is 8.33. The van der Waals surface area contributed by atoms with Crippen LogP contribution in [0.3, 0.4) is 0 Å². The predicted octanol–water partition coefficient (Wildman–Crippen LogP) is 2.79. The second-order valence-corrected chi connectivity index (χ2v) is 8.87. The second kappa shape index (κ2) is 8.12. The van der Waals surface area contributed by atoms with Crippen LogP contribution in [0.5, 0.6) is 0 Å². The summed E-state index contributed by atoms with van der Waals surface area (Å²) in [5, 5.41) is 0.596. The summed E-state index contributed by atoms with van der Waals surface area (Å²) < 4.78 is 24.5. The zero-order chi connectivity index (χ0) is 19.4. The number of para-hydroxylation sites is 2. The maximum absolute atomic E-state index is 12.3. The predicted molar refractivity (Wildman–Crippen MR) is 106 cm³/mol. The molecule has 0 aliphatic carbocycles. The zero-order valence-electron chi connectivity index (χ0n) is 14.9. The van der Waals surface area contributed by atoms with E-state index in [9.17, 15) is 13.2 Å². The quantitative estimate of drug-likeness (QED) is 0.415. The van der Waals surface area contributed by atoms with Crippen molar-refractivity contribution in [3.8, 4) is 0 Å². The van der Waals surface area contributed by atoms with Crippen molar-refractivity contribution in [3.05, 3.63) is 54.1 Å². The molecule has 0 saturated heterocycles. The average molecular weight is 405 g/mol. The largest absolute Gasteiger partial charge is 0.333 e. The van der Waals surface area contributed by atoms with Crippen LogP contribution in [0.15, 0.2) is 58.6 Å². The first kappa shape index (κ1) is 19.4. The third-order valence-electron chi connectivity index (χ3n) is 3.89. The number of rotatable bonds is 7. The van der Waals surface area contributed by atoms with Gasteiger partial charge in [-0.15, -0.1) is 4.83 Å². The van der Waals surface area contributed by atoms with Crippen LogP contribution in [0.4, 0.5) is 0 Å². The van der Waals surface area contributed by atoms with E-state index in [1.807, 2.05) is 38.1 Å². The summed E-state index contributed by atoms with van der Waals surface area (Å²) in [4.78, 5) is 21.6. The van der Waals surface area contributed by atoms with E-state index in [0.29, 0.717) is 11.1 Å². The summed E-state index contributed by atoms with van der Waals surface area (Å²) in [5.74, 6) is -0.137. The van der Waals surface area contributed by atoms with Crippen molar-refractivity contribution in [2.45, 2.75) is 29.8 Å². The Bertz CT molecular complexity index is 1010. The molecule has 7 nitrogen and oxygen atoms in total. The molecule has 3 aromatic rings. The number of thioether (sulfide) groups is 1. The Morgan fingerprint density at radius 1 is 1.15 bits per heavy atom. The summed E-state index contributed by atoms with van der Waals surface area (Å²) in [6.45, 7) is 4.06. The van der Waals surface area contributed by atoms with Gasteiger partial charge in [-0.05, 0) is 35.7 Å². The number of aromatic nitrogens is 2. The van der Waals surface area contributed by atoms with Crippen LogP contribution in [0.25, 0.3) is 11.0 Å². The third-order valence-corrected chi connectivity index (χ3v) is 6.03. The van der Waals surface area contributed by atoms with Crippen LogP contribution in [-0.4, -0.2) is 30.0 Å². The van der Waals surface area contributed by atoms with Crippen molar-refractivity contribution >= 4 is 38.7 Å². The highest BCUT2D eigenvalue weighted by Gasteiger charge is 2.16. The van der Waals surface area contributed by atoms with Gasteiger partial charge in [0, 0.05) is 0 Å². The Morgan fingerprint density at radius 2 is 1.85 bits per heavy atom. The Morgan fingerprint density at radius 3 is 2.52 bits per heavy atom. The lowest BCUT2D eigenvalue weighted by molar-refractivity contribution is -0.119. The number of hydrogen-bond acceptors (Lipinski definition) is 5. The number of fused-ring (bicyclic) bond motifs is 1. The first-order valence-corrected chi connectivity index (χ1v) is 10.8. The number of hydrogen-bond donors (Lipinski definition) is 3. The number of amides is 1. The number of sulfonamides is 1. The molecule has 1 aromatic heterocycles. The molecule has 3 N–H and O–H groups in total. The van der Waals surface area contributed by atoms with Gasteiger partial charge in [0.05, 0.1) is 21.7 Å². The molecule has 1 heterocycles. The lowest BCUT2D eigenvalue weighted by atomic mass is 10.0. The smallest absolute Gasteiger partial charge is 0.257 e. The van der Waals surface area contributed by atoms with E-state index >= 15 is 0 Å². The molecule has 0 unspecified atom stereocenters. The Balaban J connectivity index is 1.54. The number of aromatic amines is 1. The van der Waals surface area contributed by atoms with Crippen LogP contribution in [-0.2, 0) is 14.8 Å². The van der Waals surface area contributed by atoms with Gasteiger partial charge in [-0.2, -0.15) is 0 Å². The molecule has 1 amide bonds. The molecule has 27 heavy (non-hydrogen) atoms. The van der Waals surface area contributed by atoms with Crippen LogP contribution >= 0.6 is 11.8 Å². The maximum atomic E-state index is 12.3. The van der Waals surface area contributed by atoms with Crippen molar-refractivity contribution in [3.63, 3.8) is 0 Å². The van der Waals surface area contributed by atoms with Gasteiger partial charge in [-0.25, -0.2) is 13.4 Å². The SMILES string of the molecule is CC(C)c1ccc(S(=O)(=O)NNC(=O)CSc2nc3ccccc3[nH]2)cc1. The van der Waals surface area contributed by atoms with Gasteiger partial charge < -0.3 is 4.98 Å². The standard InChI is InChI=1S/C18H20N4O3S2/c1-12(2)13-7-9-14(10-8-13)27(24,25)22-21-17(23)11-26-18-19-15-5-3-4-6-16(15)20-18/h3-10,12,22H,11H2,1-2H3,(H,19,20)(H,21,23). The molecule has 0 saturated carbocycles. The number of carbonyl (C=O) groups is 1. The minimum atomic E-state index is -3.82. The van der Waals surface area contributed by atoms with Crippen molar-refractivity contribution in [1.82, 2.24) is 20.2 Å². The molecule has 3 rings (SSSR count). The number of benzene rings is 2. The van der Waals surface area contributed by atoms with Gasteiger partial charge in [0.2, 0.25) is 5.91 Å². The lowest BCUT2D eigenvalue weighted by Crippen LogP contribution is -2.42. The molecule has 0 fully saturated rings. The molecular weight excluding hydrogens is 384 g/mol. The number of hydrazine groups is 1. The van der Waals surface area contributed by atoms with E-state index in [4.69, 9.17) is 0 Å². The number of nitrogens with one attached hydrogen (secondary N) is 3. The Kier molecular flexibility index (Phi) is 5.83. The highest BCUT2D eigenvalue weighted by Crippen LogP contribution is 2.19. The van der Waals surface area contributed by atoms with Crippen LogP contribution in [0.2, 0.25) is 0 Å². The fourth-order valence-electron chi connectivity index (χ4n) is 2.38. The summed E-state index contributed by atoms with van der Waals surface area (Å²) in [6, 6.07) is 14.1. The Hall–Kier alpha value is -2.36. The molecule has 2 aromatic carbocycles. The fraction of sp³-hybridized carbons (Fsp3) is 0.222. The highest BCUT2D eigenvalue weighted by atomic mass is 32.2. The van der Waals surface area contributed by atoms with Crippen molar-refractivity contribution in [1.29, 1.82) is 0 Å². The number of H-pyrrole nitrogens is 1. The van der Waals surface area contributed by atoms with Crippen molar-refractivity contribution < 1.29 is 13.2 Å². The third kappa shape index (κ3) is 4.88. The molecule has 0 aliphatic rings.